The summed E-state index contributed by atoms with van der Waals surface area (Å²) in [5, 5.41) is 10.9. The van der Waals surface area contributed by atoms with Crippen molar-refractivity contribution in [2.24, 2.45) is 0 Å². The van der Waals surface area contributed by atoms with Gasteiger partial charge in [0.15, 0.2) is 0 Å². The summed E-state index contributed by atoms with van der Waals surface area (Å²) in [6, 6.07) is 8.10. The summed E-state index contributed by atoms with van der Waals surface area (Å²) < 4.78 is 7.02. The van der Waals surface area contributed by atoms with Gasteiger partial charge in [0, 0.05) is 31.7 Å². The molecular weight excluding hydrogens is 280 g/mol. The van der Waals surface area contributed by atoms with Crippen LogP contribution < -0.4 is 5.32 Å². The lowest BCUT2D eigenvalue weighted by Crippen LogP contribution is -2.18. The van der Waals surface area contributed by atoms with Gasteiger partial charge >= 0.3 is 0 Å². The average Bonchev–Trinajstić information content (AvgIpc) is 3.01. The average molecular weight is 300 g/mol. The third-order valence-corrected chi connectivity index (χ3v) is 4.03. The van der Waals surface area contributed by atoms with Crippen molar-refractivity contribution in [3.05, 3.63) is 42.0 Å². The number of aromatic nitrogens is 3. The first-order valence-electron chi connectivity index (χ1n) is 7.51. The molecule has 3 rings (SSSR count). The second-order valence-electron chi connectivity index (χ2n) is 5.55. The Kier molecular flexibility index (Phi) is 4.48. The zero-order valence-corrected chi connectivity index (χ0v) is 12.7. The van der Waals surface area contributed by atoms with Gasteiger partial charge in [0.05, 0.1) is 13.0 Å². The molecule has 1 amide bonds. The van der Waals surface area contributed by atoms with E-state index in [-0.39, 0.29) is 5.91 Å². The van der Waals surface area contributed by atoms with E-state index in [4.69, 9.17) is 4.74 Å². The zero-order chi connectivity index (χ0) is 15.4. The highest BCUT2D eigenvalue weighted by molar-refractivity contribution is 5.90. The molecule has 0 aliphatic carbocycles. The number of nitrogens with one attached hydrogen (secondary N) is 1. The summed E-state index contributed by atoms with van der Waals surface area (Å²) in [7, 11) is 1.59. The molecule has 2 heterocycles. The SMILES string of the molecule is COCCC(=O)Nc1ccc(C2CCc3nncn3C2)cc1. The smallest absolute Gasteiger partial charge is 0.226 e. The minimum absolute atomic E-state index is 0.0265. The monoisotopic (exact) mass is 300 g/mol. The lowest BCUT2D eigenvalue weighted by Gasteiger charge is -2.23. The maximum absolute atomic E-state index is 11.7. The summed E-state index contributed by atoms with van der Waals surface area (Å²) in [6.45, 7) is 1.36. The molecule has 0 saturated heterocycles. The fraction of sp³-hybridized carbons (Fsp3) is 0.438. The molecule has 1 aromatic heterocycles. The van der Waals surface area contributed by atoms with Gasteiger partial charge in [-0.15, -0.1) is 10.2 Å². The highest BCUT2D eigenvalue weighted by Gasteiger charge is 2.20. The fourth-order valence-corrected chi connectivity index (χ4v) is 2.79. The van der Waals surface area contributed by atoms with E-state index in [9.17, 15) is 4.79 Å². The van der Waals surface area contributed by atoms with E-state index in [1.807, 2.05) is 12.1 Å². The molecule has 0 spiro atoms. The highest BCUT2D eigenvalue weighted by atomic mass is 16.5. The van der Waals surface area contributed by atoms with Gasteiger partial charge in [-0.25, -0.2) is 0 Å². The van der Waals surface area contributed by atoms with Crippen LogP contribution in [0.1, 0.15) is 30.1 Å². The van der Waals surface area contributed by atoms with Crippen LogP contribution in [-0.4, -0.2) is 34.4 Å². The quantitative estimate of drug-likeness (QED) is 0.916. The zero-order valence-electron chi connectivity index (χ0n) is 12.7. The molecule has 116 valence electrons. The Morgan fingerprint density at radius 2 is 2.23 bits per heavy atom. The molecule has 1 aromatic carbocycles. The van der Waals surface area contributed by atoms with Crippen LogP contribution in [0.2, 0.25) is 0 Å². The van der Waals surface area contributed by atoms with E-state index < -0.39 is 0 Å². The Hall–Kier alpha value is -2.21. The van der Waals surface area contributed by atoms with Crippen molar-refractivity contribution < 1.29 is 9.53 Å². The van der Waals surface area contributed by atoms with Crippen LogP contribution in [0.5, 0.6) is 0 Å². The number of fused-ring (bicyclic) bond motifs is 1. The van der Waals surface area contributed by atoms with Crippen LogP contribution in [0.25, 0.3) is 0 Å². The summed E-state index contributed by atoms with van der Waals surface area (Å²) in [5.41, 5.74) is 2.11. The van der Waals surface area contributed by atoms with Gasteiger partial charge in [0.1, 0.15) is 12.2 Å². The van der Waals surface area contributed by atoms with Crippen molar-refractivity contribution in [2.75, 3.05) is 19.0 Å². The molecule has 1 N–H and O–H groups in total. The summed E-state index contributed by atoms with van der Waals surface area (Å²) >= 11 is 0. The number of hydrogen-bond acceptors (Lipinski definition) is 4. The topological polar surface area (TPSA) is 69.0 Å². The van der Waals surface area contributed by atoms with Crippen molar-refractivity contribution in [3.8, 4) is 0 Å². The minimum Gasteiger partial charge on any atom is -0.384 e. The Morgan fingerprint density at radius 1 is 1.41 bits per heavy atom. The second kappa shape index (κ2) is 6.70. The number of hydrogen-bond donors (Lipinski definition) is 1. The maximum Gasteiger partial charge on any atom is 0.226 e. The number of carbonyl (C=O) groups is 1. The van der Waals surface area contributed by atoms with Gasteiger partial charge in [0.2, 0.25) is 5.91 Å². The highest BCUT2D eigenvalue weighted by Crippen LogP contribution is 2.28. The normalized spacial score (nSPS) is 17.0. The first kappa shape index (κ1) is 14.7. The Morgan fingerprint density at radius 3 is 3.00 bits per heavy atom. The van der Waals surface area contributed by atoms with Crippen LogP contribution in [0.4, 0.5) is 5.69 Å². The number of amides is 1. The van der Waals surface area contributed by atoms with Crippen molar-refractivity contribution in [3.63, 3.8) is 0 Å². The molecule has 1 aliphatic heterocycles. The van der Waals surface area contributed by atoms with Gasteiger partial charge in [-0.05, 0) is 24.1 Å². The van der Waals surface area contributed by atoms with Gasteiger partial charge in [-0.3, -0.25) is 4.79 Å². The predicted molar refractivity (Wildman–Crippen MR) is 82.6 cm³/mol. The molecule has 0 saturated carbocycles. The van der Waals surface area contributed by atoms with Crippen LogP contribution in [0, 0.1) is 0 Å². The van der Waals surface area contributed by atoms with Gasteiger partial charge in [-0.2, -0.15) is 0 Å². The Bertz CT molecular complexity index is 636. The van der Waals surface area contributed by atoms with Crippen molar-refractivity contribution >= 4 is 11.6 Å². The number of anilines is 1. The molecule has 1 atom stereocenters. The molecule has 0 fully saturated rings. The van der Waals surface area contributed by atoms with Crippen LogP contribution in [-0.2, 0) is 22.5 Å². The molecule has 1 unspecified atom stereocenters. The number of methoxy groups -OCH3 is 1. The molecule has 0 radical (unpaired) electrons. The Labute approximate surface area is 129 Å². The number of nitrogens with zero attached hydrogens (tertiary/aromatic N) is 3. The third kappa shape index (κ3) is 3.33. The van der Waals surface area contributed by atoms with Crippen molar-refractivity contribution in [2.45, 2.75) is 31.7 Å². The van der Waals surface area contributed by atoms with E-state index in [0.717, 1.165) is 30.9 Å². The van der Waals surface area contributed by atoms with Gasteiger partial charge in [0.25, 0.3) is 0 Å². The summed E-state index contributed by atoms with van der Waals surface area (Å²) in [6.07, 6.45) is 4.21. The maximum atomic E-state index is 11.7. The fourth-order valence-electron chi connectivity index (χ4n) is 2.79. The van der Waals surface area contributed by atoms with Crippen LogP contribution in [0.15, 0.2) is 30.6 Å². The number of ether oxygens (including phenoxy) is 1. The molecular formula is C16H20N4O2. The minimum atomic E-state index is -0.0265. The predicted octanol–water partition coefficient (Wildman–Crippen LogP) is 1.98. The van der Waals surface area contributed by atoms with Crippen LogP contribution in [0.3, 0.4) is 0 Å². The number of carbonyl (C=O) groups excluding carboxylic acids is 1. The lowest BCUT2D eigenvalue weighted by atomic mass is 9.91. The third-order valence-electron chi connectivity index (χ3n) is 4.03. The summed E-state index contributed by atoms with van der Waals surface area (Å²) in [4.78, 5) is 11.7. The number of rotatable bonds is 5. The standard InChI is InChI=1S/C16H20N4O2/c1-22-9-8-16(21)18-14-5-2-12(3-6-14)13-4-7-15-19-17-11-20(15)10-13/h2-3,5-6,11,13H,4,7-10H2,1H3,(H,18,21). The molecule has 1 aliphatic rings. The summed E-state index contributed by atoms with van der Waals surface area (Å²) in [5.74, 6) is 1.52. The first-order chi connectivity index (χ1) is 10.8. The van der Waals surface area contributed by atoms with Crippen molar-refractivity contribution in [1.29, 1.82) is 0 Å². The van der Waals surface area contributed by atoms with Gasteiger partial charge < -0.3 is 14.6 Å². The largest absolute Gasteiger partial charge is 0.384 e. The molecule has 0 bridgehead atoms. The lowest BCUT2D eigenvalue weighted by molar-refractivity contribution is -0.117. The number of benzene rings is 1. The van der Waals surface area contributed by atoms with E-state index in [1.54, 1.807) is 13.4 Å². The molecule has 6 heteroatoms. The molecule has 22 heavy (non-hydrogen) atoms. The van der Waals surface area contributed by atoms with Gasteiger partial charge in [-0.1, -0.05) is 12.1 Å². The van der Waals surface area contributed by atoms with Crippen molar-refractivity contribution in [1.82, 2.24) is 14.8 Å². The molecule has 2 aromatic rings. The first-order valence-corrected chi connectivity index (χ1v) is 7.51. The van der Waals surface area contributed by atoms with E-state index in [2.05, 4.69) is 32.2 Å². The molecule has 6 nitrogen and oxygen atoms in total. The number of aryl methyl sites for hydroxylation is 1. The van der Waals surface area contributed by atoms with E-state index in [0.29, 0.717) is 18.9 Å². The van der Waals surface area contributed by atoms with Crippen LogP contribution >= 0.6 is 0 Å². The Balaban J connectivity index is 1.61. The van der Waals surface area contributed by atoms with E-state index >= 15 is 0 Å². The second-order valence-corrected chi connectivity index (χ2v) is 5.55. The van der Waals surface area contributed by atoms with E-state index in [1.165, 1.54) is 5.56 Å².